The Labute approximate surface area is 205 Å². The van der Waals surface area contributed by atoms with Gasteiger partial charge in [0.05, 0.1) is 5.69 Å². The lowest BCUT2D eigenvalue weighted by Crippen LogP contribution is -2.22. The van der Waals surface area contributed by atoms with E-state index in [1.54, 1.807) is 0 Å². The van der Waals surface area contributed by atoms with Crippen LogP contribution >= 0.6 is 0 Å². The fraction of sp³-hybridized carbons (Fsp3) is 0.433. The van der Waals surface area contributed by atoms with Crippen LogP contribution in [0.2, 0.25) is 0 Å². The van der Waals surface area contributed by atoms with E-state index >= 15 is 0 Å². The molecule has 2 aromatic carbocycles. The smallest absolute Gasteiger partial charge is 0.0541 e. The van der Waals surface area contributed by atoms with Crippen LogP contribution in [-0.4, -0.2) is 31.2 Å². The first-order chi connectivity index (χ1) is 16.8. The van der Waals surface area contributed by atoms with Crippen LogP contribution in [-0.2, 0) is 32.4 Å². The van der Waals surface area contributed by atoms with Gasteiger partial charge in [0.1, 0.15) is 0 Å². The van der Waals surface area contributed by atoms with Gasteiger partial charge in [0.2, 0.25) is 0 Å². The van der Waals surface area contributed by atoms with Crippen LogP contribution in [0.25, 0.3) is 0 Å². The lowest BCUT2D eigenvalue weighted by Gasteiger charge is -2.18. The van der Waals surface area contributed by atoms with E-state index in [1.165, 1.54) is 47.9 Å². The Kier molecular flexibility index (Phi) is 10.1. The van der Waals surface area contributed by atoms with Gasteiger partial charge in [-0.15, -0.1) is 0 Å². The number of nitrogens with zero attached hydrogens (tertiary/aromatic N) is 1. The van der Waals surface area contributed by atoms with Gasteiger partial charge in [-0.1, -0.05) is 54.6 Å². The number of fused-ring (bicyclic) bond motifs is 2. The van der Waals surface area contributed by atoms with Gasteiger partial charge in [-0.3, -0.25) is 4.98 Å². The molecule has 3 N–H and O–H groups in total. The molecule has 0 aliphatic carbocycles. The maximum absolute atomic E-state index is 4.38. The van der Waals surface area contributed by atoms with Crippen LogP contribution in [0.4, 0.5) is 0 Å². The molecule has 4 nitrogen and oxygen atoms in total. The van der Waals surface area contributed by atoms with Crippen LogP contribution in [0.5, 0.6) is 0 Å². The molecule has 0 spiro atoms. The number of nitrogens with one attached hydrogen (secondary N) is 3. The van der Waals surface area contributed by atoms with Crippen molar-refractivity contribution in [2.45, 2.75) is 51.6 Å². The highest BCUT2D eigenvalue weighted by molar-refractivity contribution is 5.24. The monoisotopic (exact) mass is 456 g/mol. The summed E-state index contributed by atoms with van der Waals surface area (Å²) in [4.78, 5) is 4.38. The third kappa shape index (κ3) is 8.68. The topological polar surface area (TPSA) is 49.0 Å². The van der Waals surface area contributed by atoms with Crippen molar-refractivity contribution >= 4 is 0 Å². The quantitative estimate of drug-likeness (QED) is 0.504. The van der Waals surface area contributed by atoms with Crippen molar-refractivity contribution in [3.8, 4) is 0 Å². The van der Waals surface area contributed by atoms with Crippen LogP contribution in [0, 0.1) is 5.92 Å². The summed E-state index contributed by atoms with van der Waals surface area (Å²) in [5.41, 5.74) is 6.77. The van der Waals surface area contributed by atoms with Crippen molar-refractivity contribution in [1.82, 2.24) is 20.9 Å². The minimum atomic E-state index is 0.730. The van der Waals surface area contributed by atoms with Gasteiger partial charge in [0, 0.05) is 19.3 Å². The maximum Gasteiger partial charge on any atom is 0.0541 e. The van der Waals surface area contributed by atoms with Crippen molar-refractivity contribution < 1.29 is 0 Å². The highest BCUT2D eigenvalue weighted by atomic mass is 14.9. The Morgan fingerprint density at radius 2 is 1.50 bits per heavy atom. The molecular weight excluding hydrogens is 416 g/mol. The number of pyridine rings is 1. The van der Waals surface area contributed by atoms with Gasteiger partial charge < -0.3 is 16.0 Å². The van der Waals surface area contributed by atoms with E-state index in [0.717, 1.165) is 63.7 Å². The van der Waals surface area contributed by atoms with Gasteiger partial charge >= 0.3 is 0 Å². The van der Waals surface area contributed by atoms with Crippen LogP contribution in [0.1, 0.15) is 47.2 Å². The van der Waals surface area contributed by atoms with Gasteiger partial charge in [-0.25, -0.2) is 0 Å². The highest BCUT2D eigenvalue weighted by Gasteiger charge is 2.11. The van der Waals surface area contributed by atoms with Gasteiger partial charge in [-0.05, 0) is 105 Å². The number of rotatable bonds is 6. The van der Waals surface area contributed by atoms with Crippen LogP contribution in [0.15, 0.2) is 72.9 Å². The van der Waals surface area contributed by atoms with Crippen molar-refractivity contribution in [2.24, 2.45) is 5.92 Å². The average molecular weight is 457 g/mol. The number of hydrogen-bond acceptors (Lipinski definition) is 4. The van der Waals surface area contributed by atoms with E-state index in [9.17, 15) is 0 Å². The molecule has 0 fully saturated rings. The van der Waals surface area contributed by atoms with Crippen LogP contribution in [0.3, 0.4) is 0 Å². The molecule has 34 heavy (non-hydrogen) atoms. The average Bonchev–Trinajstić information content (AvgIpc) is 2.87. The Morgan fingerprint density at radius 3 is 2.26 bits per heavy atom. The van der Waals surface area contributed by atoms with E-state index in [-0.39, 0.29) is 0 Å². The Hall–Kier alpha value is -2.53. The molecule has 3 aromatic rings. The summed E-state index contributed by atoms with van der Waals surface area (Å²) < 4.78 is 0. The second kappa shape index (κ2) is 14.0. The Balaban J connectivity index is 1.24. The Morgan fingerprint density at radius 1 is 0.735 bits per heavy atom. The fourth-order valence-electron chi connectivity index (χ4n) is 4.79. The molecule has 1 unspecified atom stereocenters. The van der Waals surface area contributed by atoms with Crippen molar-refractivity contribution in [1.29, 1.82) is 0 Å². The molecule has 2 heterocycles. The lowest BCUT2D eigenvalue weighted by atomic mass is 9.91. The summed E-state index contributed by atoms with van der Waals surface area (Å²) in [6, 6.07) is 24.4. The molecule has 1 aromatic heterocycles. The molecule has 1 aliphatic rings. The van der Waals surface area contributed by atoms with Crippen molar-refractivity contribution in [3.05, 3.63) is 101 Å². The predicted octanol–water partition coefficient (Wildman–Crippen LogP) is 4.68. The summed E-state index contributed by atoms with van der Waals surface area (Å²) in [6.45, 7) is 6.03. The molecule has 0 amide bonds. The second-order valence-corrected chi connectivity index (χ2v) is 9.56. The summed E-state index contributed by atoms with van der Waals surface area (Å²) in [5, 5.41) is 10.9. The first kappa shape index (κ1) is 24.6. The highest BCUT2D eigenvalue weighted by Crippen LogP contribution is 2.18. The van der Waals surface area contributed by atoms with E-state index in [1.807, 2.05) is 18.3 Å². The number of hydrogen-bond donors (Lipinski definition) is 3. The Bertz CT molecular complexity index is 955. The first-order valence-electron chi connectivity index (χ1n) is 13.0. The van der Waals surface area contributed by atoms with Gasteiger partial charge in [0.15, 0.2) is 0 Å². The SMILES string of the molecule is c1ccc(CNCc2ccc(CC3CCCNCCc4cccc(c4)CCNCC3)cc2)nc1. The molecular formula is C30H40N4. The third-order valence-corrected chi connectivity index (χ3v) is 6.78. The van der Waals surface area contributed by atoms with E-state index in [0.29, 0.717) is 0 Å². The van der Waals surface area contributed by atoms with Crippen molar-refractivity contribution in [2.75, 3.05) is 26.2 Å². The molecule has 2 bridgehead atoms. The molecule has 180 valence electrons. The standard InChI is InChI=1S/C30H40N4/c1-2-17-34-30(8-1)24-33-23-29-11-9-28(10-12-29)22-27-7-4-16-31-18-13-25-5-3-6-26(21-25)14-19-32-20-15-27/h1-3,5-6,8-12,17,21,27,31-33H,4,7,13-16,18-20,22-24H2. The van der Waals surface area contributed by atoms with E-state index in [2.05, 4.69) is 75.5 Å². The van der Waals surface area contributed by atoms with Gasteiger partial charge in [-0.2, -0.15) is 0 Å². The zero-order valence-electron chi connectivity index (χ0n) is 20.4. The summed E-state index contributed by atoms with van der Waals surface area (Å²) in [5.74, 6) is 0.730. The summed E-state index contributed by atoms with van der Waals surface area (Å²) in [6.07, 6.45) is 9.03. The van der Waals surface area contributed by atoms with Gasteiger partial charge in [0.25, 0.3) is 0 Å². The van der Waals surface area contributed by atoms with Crippen molar-refractivity contribution in [3.63, 3.8) is 0 Å². The minimum Gasteiger partial charge on any atom is -0.316 e. The second-order valence-electron chi connectivity index (χ2n) is 9.56. The first-order valence-corrected chi connectivity index (χ1v) is 13.0. The molecule has 0 saturated heterocycles. The minimum absolute atomic E-state index is 0.730. The molecule has 0 radical (unpaired) electrons. The predicted molar refractivity (Wildman–Crippen MR) is 142 cm³/mol. The largest absolute Gasteiger partial charge is 0.316 e. The molecule has 0 saturated carbocycles. The number of aromatic nitrogens is 1. The summed E-state index contributed by atoms with van der Waals surface area (Å²) >= 11 is 0. The molecule has 1 aliphatic heterocycles. The zero-order valence-corrected chi connectivity index (χ0v) is 20.4. The third-order valence-electron chi connectivity index (χ3n) is 6.78. The lowest BCUT2D eigenvalue weighted by molar-refractivity contribution is 0.416. The fourth-order valence-corrected chi connectivity index (χ4v) is 4.79. The van der Waals surface area contributed by atoms with E-state index < -0.39 is 0 Å². The molecule has 4 heteroatoms. The number of benzene rings is 2. The maximum atomic E-state index is 4.38. The normalized spacial score (nSPS) is 18.1. The molecule has 1 atom stereocenters. The van der Waals surface area contributed by atoms with E-state index in [4.69, 9.17) is 0 Å². The summed E-state index contributed by atoms with van der Waals surface area (Å²) in [7, 11) is 0. The van der Waals surface area contributed by atoms with Crippen LogP contribution < -0.4 is 16.0 Å². The zero-order chi connectivity index (χ0) is 23.3. The molecule has 4 rings (SSSR count).